The van der Waals surface area contributed by atoms with Crippen molar-refractivity contribution in [3.05, 3.63) is 35.6 Å². The SMILES string of the molecule is COc1cc(NC/C=C/Cl)ccc1F. The average Bonchev–Trinajstić information content (AvgIpc) is 2.21. The maximum Gasteiger partial charge on any atom is 0.165 e. The predicted octanol–water partition coefficient (Wildman–Crippen LogP) is 3.00. The molecule has 0 saturated heterocycles. The highest BCUT2D eigenvalue weighted by atomic mass is 35.5. The third-order valence-electron chi connectivity index (χ3n) is 1.66. The molecule has 0 amide bonds. The van der Waals surface area contributed by atoms with E-state index in [9.17, 15) is 4.39 Å². The Hall–Kier alpha value is -1.22. The molecule has 0 aromatic heterocycles. The lowest BCUT2D eigenvalue weighted by Crippen LogP contribution is -1.98. The van der Waals surface area contributed by atoms with Crippen LogP contribution < -0.4 is 10.1 Å². The first-order valence-electron chi connectivity index (χ1n) is 4.10. The Kier molecular flexibility index (Phi) is 4.26. The van der Waals surface area contributed by atoms with Gasteiger partial charge in [-0.15, -0.1) is 0 Å². The Morgan fingerprint density at radius 2 is 2.36 bits per heavy atom. The van der Waals surface area contributed by atoms with Crippen LogP contribution in [0.25, 0.3) is 0 Å². The van der Waals surface area contributed by atoms with Gasteiger partial charge in [0.2, 0.25) is 0 Å². The summed E-state index contributed by atoms with van der Waals surface area (Å²) in [5, 5.41) is 3.03. The van der Waals surface area contributed by atoms with Gasteiger partial charge in [-0.2, -0.15) is 0 Å². The number of hydrogen-bond acceptors (Lipinski definition) is 2. The first-order valence-corrected chi connectivity index (χ1v) is 4.54. The summed E-state index contributed by atoms with van der Waals surface area (Å²) in [6.07, 6.45) is 1.75. The van der Waals surface area contributed by atoms with Crippen molar-refractivity contribution >= 4 is 17.3 Å². The molecule has 1 N–H and O–H groups in total. The molecule has 2 nitrogen and oxygen atoms in total. The molecule has 0 heterocycles. The van der Waals surface area contributed by atoms with Gasteiger partial charge in [-0.25, -0.2) is 4.39 Å². The van der Waals surface area contributed by atoms with Crippen LogP contribution in [0.3, 0.4) is 0 Å². The van der Waals surface area contributed by atoms with E-state index < -0.39 is 0 Å². The monoisotopic (exact) mass is 215 g/mol. The van der Waals surface area contributed by atoms with Crippen LogP contribution in [-0.2, 0) is 0 Å². The van der Waals surface area contributed by atoms with Crippen molar-refractivity contribution in [3.8, 4) is 5.75 Å². The highest BCUT2D eigenvalue weighted by Gasteiger charge is 2.01. The van der Waals surface area contributed by atoms with Crippen LogP contribution in [0.4, 0.5) is 10.1 Å². The number of nitrogens with one attached hydrogen (secondary N) is 1. The maximum atomic E-state index is 13.0. The fourth-order valence-corrected chi connectivity index (χ4v) is 1.08. The minimum atomic E-state index is -0.370. The lowest BCUT2D eigenvalue weighted by molar-refractivity contribution is 0.387. The predicted molar refractivity (Wildman–Crippen MR) is 56.4 cm³/mol. The van der Waals surface area contributed by atoms with E-state index >= 15 is 0 Å². The van der Waals surface area contributed by atoms with Crippen molar-refractivity contribution in [1.29, 1.82) is 0 Å². The molecular formula is C10H11ClFNO. The molecule has 0 spiro atoms. The van der Waals surface area contributed by atoms with Crippen molar-refractivity contribution in [2.45, 2.75) is 0 Å². The van der Waals surface area contributed by atoms with E-state index in [-0.39, 0.29) is 11.6 Å². The van der Waals surface area contributed by atoms with Gasteiger partial charge in [0.15, 0.2) is 11.6 Å². The molecule has 76 valence electrons. The van der Waals surface area contributed by atoms with Crippen molar-refractivity contribution in [2.24, 2.45) is 0 Å². The Balaban J connectivity index is 2.69. The van der Waals surface area contributed by atoms with E-state index in [4.69, 9.17) is 16.3 Å². The molecule has 0 unspecified atom stereocenters. The van der Waals surface area contributed by atoms with Crippen LogP contribution in [0.5, 0.6) is 5.75 Å². The highest BCUT2D eigenvalue weighted by Crippen LogP contribution is 2.21. The lowest BCUT2D eigenvalue weighted by atomic mass is 10.3. The minimum absolute atomic E-state index is 0.227. The van der Waals surface area contributed by atoms with E-state index in [1.807, 2.05) is 0 Å². The third-order valence-corrected chi connectivity index (χ3v) is 1.84. The van der Waals surface area contributed by atoms with Gasteiger partial charge in [0.25, 0.3) is 0 Å². The fraction of sp³-hybridized carbons (Fsp3) is 0.200. The van der Waals surface area contributed by atoms with Gasteiger partial charge in [-0.1, -0.05) is 17.7 Å². The molecule has 4 heteroatoms. The average molecular weight is 216 g/mol. The van der Waals surface area contributed by atoms with Crippen LogP contribution in [0.2, 0.25) is 0 Å². The van der Waals surface area contributed by atoms with Gasteiger partial charge in [0.05, 0.1) is 7.11 Å². The Labute approximate surface area is 87.3 Å². The fourth-order valence-electron chi connectivity index (χ4n) is 0.991. The molecule has 0 saturated carbocycles. The molecule has 0 bridgehead atoms. The molecule has 0 aliphatic rings. The molecule has 1 aromatic carbocycles. The number of halogens is 2. The zero-order valence-electron chi connectivity index (χ0n) is 7.76. The molecule has 0 radical (unpaired) electrons. The van der Waals surface area contributed by atoms with Crippen LogP contribution >= 0.6 is 11.6 Å². The summed E-state index contributed by atoms with van der Waals surface area (Å²) in [5.41, 5.74) is 2.21. The van der Waals surface area contributed by atoms with E-state index in [0.29, 0.717) is 6.54 Å². The van der Waals surface area contributed by atoms with Crippen LogP contribution in [0.15, 0.2) is 29.8 Å². The summed E-state index contributed by atoms with van der Waals surface area (Å²) in [5.74, 6) is -0.143. The number of ether oxygens (including phenoxy) is 1. The summed E-state index contributed by atoms with van der Waals surface area (Å²) in [6.45, 7) is 0.596. The van der Waals surface area contributed by atoms with Crippen LogP contribution in [0.1, 0.15) is 0 Å². The topological polar surface area (TPSA) is 21.3 Å². The van der Waals surface area contributed by atoms with Gasteiger partial charge in [0.1, 0.15) is 0 Å². The molecule has 1 rings (SSSR count). The quantitative estimate of drug-likeness (QED) is 0.834. The van der Waals surface area contributed by atoms with Gasteiger partial charge < -0.3 is 10.1 Å². The Morgan fingerprint density at radius 1 is 1.57 bits per heavy atom. The van der Waals surface area contributed by atoms with Gasteiger partial charge in [0, 0.05) is 23.8 Å². The van der Waals surface area contributed by atoms with Crippen molar-refractivity contribution in [1.82, 2.24) is 0 Å². The minimum Gasteiger partial charge on any atom is -0.494 e. The number of anilines is 1. The number of methoxy groups -OCH3 is 1. The first-order chi connectivity index (χ1) is 6.77. The van der Waals surface area contributed by atoms with Crippen LogP contribution in [0, 0.1) is 5.82 Å². The molecule has 1 aromatic rings. The van der Waals surface area contributed by atoms with E-state index in [1.165, 1.54) is 18.7 Å². The lowest BCUT2D eigenvalue weighted by Gasteiger charge is -2.06. The summed E-state index contributed by atoms with van der Waals surface area (Å²) < 4.78 is 17.8. The summed E-state index contributed by atoms with van der Waals surface area (Å²) in [6, 6.07) is 4.59. The largest absolute Gasteiger partial charge is 0.494 e. The Morgan fingerprint density at radius 3 is 3.00 bits per heavy atom. The molecule has 0 atom stereocenters. The second-order valence-electron chi connectivity index (χ2n) is 2.59. The highest BCUT2D eigenvalue weighted by molar-refractivity contribution is 6.25. The number of benzene rings is 1. The molecule has 0 aliphatic carbocycles. The maximum absolute atomic E-state index is 13.0. The molecule has 0 fully saturated rings. The Bertz CT molecular complexity index is 328. The van der Waals surface area contributed by atoms with Crippen molar-refractivity contribution in [3.63, 3.8) is 0 Å². The molecular weight excluding hydrogens is 205 g/mol. The van der Waals surface area contributed by atoms with E-state index in [2.05, 4.69) is 5.32 Å². The van der Waals surface area contributed by atoms with Crippen molar-refractivity contribution < 1.29 is 9.13 Å². The second kappa shape index (κ2) is 5.50. The van der Waals surface area contributed by atoms with Gasteiger partial charge in [-0.3, -0.25) is 0 Å². The molecule has 14 heavy (non-hydrogen) atoms. The number of hydrogen-bond donors (Lipinski definition) is 1. The first kappa shape index (κ1) is 10.9. The zero-order chi connectivity index (χ0) is 10.4. The third kappa shape index (κ3) is 2.92. The normalized spacial score (nSPS) is 10.5. The van der Waals surface area contributed by atoms with E-state index in [1.54, 1.807) is 18.2 Å². The number of rotatable bonds is 4. The molecule has 0 aliphatic heterocycles. The summed E-state index contributed by atoms with van der Waals surface area (Å²) in [7, 11) is 1.43. The van der Waals surface area contributed by atoms with Crippen molar-refractivity contribution in [2.75, 3.05) is 19.0 Å². The van der Waals surface area contributed by atoms with Gasteiger partial charge in [-0.05, 0) is 12.1 Å². The van der Waals surface area contributed by atoms with Gasteiger partial charge >= 0.3 is 0 Å². The van der Waals surface area contributed by atoms with E-state index in [0.717, 1.165) is 5.69 Å². The van der Waals surface area contributed by atoms with Crippen LogP contribution in [-0.4, -0.2) is 13.7 Å². The second-order valence-corrected chi connectivity index (χ2v) is 2.84. The smallest absolute Gasteiger partial charge is 0.165 e. The summed E-state index contributed by atoms with van der Waals surface area (Å²) >= 11 is 5.35. The summed E-state index contributed by atoms with van der Waals surface area (Å²) in [4.78, 5) is 0. The standard InChI is InChI=1S/C10H11ClFNO/c1-14-10-7-8(3-4-9(10)12)13-6-2-5-11/h2-5,7,13H,6H2,1H3/b5-2+. The zero-order valence-corrected chi connectivity index (χ0v) is 8.51.